The molecule has 0 bridgehead atoms. The summed E-state index contributed by atoms with van der Waals surface area (Å²) >= 11 is 0. The van der Waals surface area contributed by atoms with Crippen LogP contribution < -0.4 is 0 Å². The van der Waals surface area contributed by atoms with E-state index in [1.807, 2.05) is 0 Å². The van der Waals surface area contributed by atoms with Gasteiger partial charge in [-0.15, -0.1) is 0 Å². The monoisotopic (exact) mass is 246 g/mol. The normalized spacial score (nSPS) is 29.6. The Kier molecular flexibility index (Phi) is 5.46. The first-order chi connectivity index (χ1) is 7.54. The lowest BCUT2D eigenvalue weighted by Crippen LogP contribution is -2.30. The Balaban J connectivity index is 2.49. The van der Waals surface area contributed by atoms with Crippen LogP contribution in [0, 0.1) is 5.92 Å². The van der Waals surface area contributed by atoms with E-state index in [4.69, 9.17) is 5.11 Å². The van der Waals surface area contributed by atoms with Crippen LogP contribution in [0.2, 0.25) is 0 Å². The third-order valence-electron chi connectivity index (χ3n) is 3.50. The van der Waals surface area contributed by atoms with Crippen molar-refractivity contribution in [1.29, 1.82) is 0 Å². The van der Waals surface area contributed by atoms with E-state index >= 15 is 0 Å². The van der Waals surface area contributed by atoms with Gasteiger partial charge in [0.05, 0.1) is 6.42 Å². The number of carboxylic acids is 1. The molecule has 0 amide bonds. The van der Waals surface area contributed by atoms with Gasteiger partial charge in [0.25, 0.3) is 0 Å². The van der Waals surface area contributed by atoms with Crippen LogP contribution in [0.4, 0.5) is 0 Å². The summed E-state index contributed by atoms with van der Waals surface area (Å²) in [5.74, 6) is -0.150. The smallest absolute Gasteiger partial charge is 0.304 e. The summed E-state index contributed by atoms with van der Waals surface area (Å²) in [7, 11) is -0.975. The van der Waals surface area contributed by atoms with E-state index in [1.54, 1.807) is 6.92 Å². The summed E-state index contributed by atoms with van der Waals surface area (Å²) in [4.78, 5) is 10.6. The Morgan fingerprint density at radius 2 is 2.19 bits per heavy atom. The summed E-state index contributed by atoms with van der Waals surface area (Å²) < 4.78 is 12.1. The Morgan fingerprint density at radius 3 is 2.75 bits per heavy atom. The highest BCUT2D eigenvalue weighted by Crippen LogP contribution is 2.30. The molecule has 4 heteroatoms. The Morgan fingerprint density at radius 1 is 1.50 bits per heavy atom. The predicted molar refractivity (Wildman–Crippen MR) is 65.9 cm³/mol. The molecule has 0 aromatic rings. The molecule has 0 aliphatic heterocycles. The fourth-order valence-corrected chi connectivity index (χ4v) is 4.30. The Bertz CT molecular complexity index is 265. The summed E-state index contributed by atoms with van der Waals surface area (Å²) in [5.41, 5.74) is 0. The van der Waals surface area contributed by atoms with Crippen molar-refractivity contribution >= 4 is 16.8 Å². The molecule has 16 heavy (non-hydrogen) atoms. The molecule has 94 valence electrons. The predicted octanol–water partition coefficient (Wildman–Crippen LogP) is 2.57. The third kappa shape index (κ3) is 3.89. The molecular weight excluding hydrogens is 224 g/mol. The van der Waals surface area contributed by atoms with E-state index in [2.05, 4.69) is 6.92 Å². The number of rotatable bonds is 5. The second kappa shape index (κ2) is 6.38. The first-order valence-corrected chi connectivity index (χ1v) is 7.43. The maximum absolute atomic E-state index is 12.1. The van der Waals surface area contributed by atoms with Gasteiger partial charge in [-0.3, -0.25) is 9.00 Å². The second-order valence-electron chi connectivity index (χ2n) is 4.80. The van der Waals surface area contributed by atoms with Crippen LogP contribution in [-0.2, 0) is 15.6 Å². The van der Waals surface area contributed by atoms with Crippen molar-refractivity contribution in [3.05, 3.63) is 0 Å². The van der Waals surface area contributed by atoms with Crippen molar-refractivity contribution in [3.63, 3.8) is 0 Å². The lowest BCUT2D eigenvalue weighted by molar-refractivity contribution is -0.136. The highest BCUT2D eigenvalue weighted by atomic mass is 32.2. The van der Waals surface area contributed by atoms with Crippen LogP contribution in [0.1, 0.15) is 52.4 Å². The second-order valence-corrected chi connectivity index (χ2v) is 6.93. The minimum absolute atomic E-state index is 0.0277. The molecule has 0 aromatic heterocycles. The minimum Gasteiger partial charge on any atom is -0.481 e. The van der Waals surface area contributed by atoms with Crippen molar-refractivity contribution < 1.29 is 14.1 Å². The number of aliphatic carboxylic acids is 1. The zero-order valence-electron chi connectivity index (χ0n) is 10.1. The van der Waals surface area contributed by atoms with E-state index in [-0.39, 0.29) is 16.9 Å². The van der Waals surface area contributed by atoms with E-state index in [1.165, 1.54) is 6.42 Å². The molecular formula is C12H22O3S. The molecule has 4 atom stereocenters. The Hall–Kier alpha value is -0.380. The van der Waals surface area contributed by atoms with Crippen LogP contribution >= 0.6 is 0 Å². The molecule has 1 aliphatic rings. The number of carboxylic acid groups (broad SMARTS) is 1. The molecule has 1 fully saturated rings. The topological polar surface area (TPSA) is 54.4 Å². The van der Waals surface area contributed by atoms with Crippen LogP contribution in [0.25, 0.3) is 0 Å². The summed E-state index contributed by atoms with van der Waals surface area (Å²) in [5, 5.41) is 8.71. The highest BCUT2D eigenvalue weighted by molar-refractivity contribution is 7.86. The quantitative estimate of drug-likeness (QED) is 0.811. The van der Waals surface area contributed by atoms with Gasteiger partial charge in [-0.2, -0.15) is 0 Å². The summed E-state index contributed by atoms with van der Waals surface area (Å²) in [6.45, 7) is 3.97. The van der Waals surface area contributed by atoms with Crippen LogP contribution in [0.3, 0.4) is 0 Å². The fraction of sp³-hybridized carbons (Fsp3) is 0.917. The molecule has 0 spiro atoms. The SMILES string of the molecule is CCC1CCCC(S(=O)C(C)CC(=O)O)C1. The molecule has 1 N–H and O–H groups in total. The molecule has 1 aliphatic carbocycles. The van der Waals surface area contributed by atoms with E-state index in [0.29, 0.717) is 5.92 Å². The zero-order valence-corrected chi connectivity index (χ0v) is 11.0. The molecule has 1 saturated carbocycles. The van der Waals surface area contributed by atoms with Gasteiger partial charge in [0.15, 0.2) is 0 Å². The van der Waals surface area contributed by atoms with E-state index < -0.39 is 16.8 Å². The third-order valence-corrected chi connectivity index (χ3v) is 5.54. The van der Waals surface area contributed by atoms with Crippen molar-refractivity contribution in [2.75, 3.05) is 0 Å². The first kappa shape index (κ1) is 13.7. The van der Waals surface area contributed by atoms with Crippen molar-refractivity contribution in [3.8, 4) is 0 Å². The molecule has 0 saturated heterocycles. The van der Waals surface area contributed by atoms with Gasteiger partial charge in [-0.05, 0) is 18.8 Å². The van der Waals surface area contributed by atoms with E-state index in [0.717, 1.165) is 25.7 Å². The van der Waals surface area contributed by atoms with E-state index in [9.17, 15) is 9.00 Å². The van der Waals surface area contributed by atoms with Crippen LogP contribution in [0.5, 0.6) is 0 Å². The lowest BCUT2D eigenvalue weighted by Gasteiger charge is -2.29. The molecule has 0 aromatic carbocycles. The molecule has 0 heterocycles. The number of hydrogen-bond donors (Lipinski definition) is 1. The Labute approximate surface area is 100 Å². The fourth-order valence-electron chi connectivity index (χ4n) is 2.48. The lowest BCUT2D eigenvalue weighted by atomic mass is 9.87. The van der Waals surface area contributed by atoms with Gasteiger partial charge in [0.2, 0.25) is 0 Å². The van der Waals surface area contributed by atoms with Gasteiger partial charge in [0, 0.05) is 21.3 Å². The number of carbonyl (C=O) groups is 1. The molecule has 0 radical (unpaired) electrons. The van der Waals surface area contributed by atoms with Gasteiger partial charge in [0.1, 0.15) is 0 Å². The average molecular weight is 246 g/mol. The first-order valence-electron chi connectivity index (χ1n) is 6.15. The van der Waals surface area contributed by atoms with Crippen LogP contribution in [-0.4, -0.2) is 25.8 Å². The maximum Gasteiger partial charge on any atom is 0.304 e. The van der Waals surface area contributed by atoms with Gasteiger partial charge in [-0.1, -0.05) is 33.1 Å². The largest absolute Gasteiger partial charge is 0.481 e. The summed E-state index contributed by atoms with van der Waals surface area (Å²) in [6, 6.07) is 0. The summed E-state index contributed by atoms with van der Waals surface area (Å²) in [6.07, 6.45) is 5.60. The van der Waals surface area contributed by atoms with Gasteiger partial charge in [-0.25, -0.2) is 0 Å². The van der Waals surface area contributed by atoms with Crippen molar-refractivity contribution in [2.24, 2.45) is 5.92 Å². The average Bonchev–Trinajstić information content (AvgIpc) is 2.27. The minimum atomic E-state index is -0.975. The zero-order chi connectivity index (χ0) is 12.1. The maximum atomic E-state index is 12.1. The molecule has 4 unspecified atom stereocenters. The highest BCUT2D eigenvalue weighted by Gasteiger charge is 2.28. The standard InChI is InChI=1S/C12H22O3S/c1-3-10-5-4-6-11(8-10)16(15)9(2)7-12(13)14/h9-11H,3-8H2,1-2H3,(H,13,14). The van der Waals surface area contributed by atoms with Crippen LogP contribution in [0.15, 0.2) is 0 Å². The molecule has 1 rings (SSSR count). The van der Waals surface area contributed by atoms with Gasteiger partial charge >= 0.3 is 5.97 Å². The molecule has 3 nitrogen and oxygen atoms in total. The van der Waals surface area contributed by atoms with Crippen molar-refractivity contribution in [2.45, 2.75) is 62.9 Å². The van der Waals surface area contributed by atoms with Gasteiger partial charge < -0.3 is 5.11 Å². The number of hydrogen-bond acceptors (Lipinski definition) is 2. The van der Waals surface area contributed by atoms with Crippen molar-refractivity contribution in [1.82, 2.24) is 0 Å².